The van der Waals surface area contributed by atoms with Crippen LogP contribution >= 0.6 is 0 Å². The van der Waals surface area contributed by atoms with Gasteiger partial charge in [-0.2, -0.15) is 0 Å². The van der Waals surface area contributed by atoms with Gasteiger partial charge >= 0.3 is 0 Å². The third-order valence-electron chi connectivity index (χ3n) is 4.58. The summed E-state index contributed by atoms with van der Waals surface area (Å²) in [6.45, 7) is 3.00. The van der Waals surface area contributed by atoms with Gasteiger partial charge in [-0.1, -0.05) is 12.8 Å². The number of rotatable bonds is 3. The molecular weight excluding hydrogens is 300 g/mol. The summed E-state index contributed by atoms with van der Waals surface area (Å²) >= 11 is 0. The normalized spacial score (nSPS) is 20.3. The molecule has 2 aliphatic rings. The second-order valence-corrected chi connectivity index (χ2v) is 8.25. The van der Waals surface area contributed by atoms with Gasteiger partial charge in [0.2, 0.25) is 0 Å². The molecule has 0 atom stereocenters. The zero-order valence-corrected chi connectivity index (χ0v) is 13.4. The molecule has 5 nitrogen and oxygen atoms in total. The molecule has 0 unspecified atom stereocenters. The molecule has 1 aliphatic heterocycles. The molecule has 0 spiro atoms. The summed E-state index contributed by atoms with van der Waals surface area (Å²) in [5, 5.41) is 2.96. The van der Waals surface area contributed by atoms with Crippen LogP contribution in [0.3, 0.4) is 0 Å². The first-order valence-corrected chi connectivity index (χ1v) is 9.47. The van der Waals surface area contributed by atoms with Crippen LogP contribution in [0.25, 0.3) is 0 Å². The molecule has 120 valence electrons. The number of piperazine rings is 1. The molecule has 3 rings (SSSR count). The third kappa shape index (κ3) is 3.03. The van der Waals surface area contributed by atoms with Crippen molar-refractivity contribution in [2.45, 2.75) is 35.8 Å². The lowest BCUT2D eigenvalue weighted by Gasteiger charge is -2.27. The summed E-state index contributed by atoms with van der Waals surface area (Å²) in [5.41, 5.74) is 0.562. The Bertz CT molecular complexity index is 628. The largest absolute Gasteiger partial charge is 0.336 e. The zero-order valence-electron chi connectivity index (χ0n) is 12.6. The molecule has 6 heteroatoms. The smallest absolute Gasteiger partial charge is 0.253 e. The molecule has 0 bridgehead atoms. The van der Waals surface area contributed by atoms with E-state index in [4.69, 9.17) is 0 Å². The first-order valence-electron chi connectivity index (χ1n) is 7.93. The van der Waals surface area contributed by atoms with E-state index in [0.717, 1.165) is 38.8 Å². The van der Waals surface area contributed by atoms with E-state index >= 15 is 0 Å². The van der Waals surface area contributed by atoms with Crippen molar-refractivity contribution in [3.63, 3.8) is 0 Å². The molecule has 22 heavy (non-hydrogen) atoms. The quantitative estimate of drug-likeness (QED) is 0.915. The molecule has 1 aromatic carbocycles. The summed E-state index contributed by atoms with van der Waals surface area (Å²) in [6.07, 6.45) is 3.49. The van der Waals surface area contributed by atoms with Crippen LogP contribution in [0.5, 0.6) is 0 Å². The predicted octanol–water partition coefficient (Wildman–Crippen LogP) is 1.45. The number of hydrogen-bond acceptors (Lipinski definition) is 4. The molecule has 1 saturated heterocycles. The average Bonchev–Trinajstić information content (AvgIpc) is 3.10. The maximum atomic E-state index is 12.5. The lowest BCUT2D eigenvalue weighted by molar-refractivity contribution is 0.0735. The fourth-order valence-corrected chi connectivity index (χ4v) is 5.08. The Hall–Kier alpha value is -1.40. The van der Waals surface area contributed by atoms with Crippen molar-refractivity contribution >= 4 is 15.7 Å². The van der Waals surface area contributed by atoms with Crippen LogP contribution in [-0.4, -0.2) is 50.7 Å². The van der Waals surface area contributed by atoms with Gasteiger partial charge < -0.3 is 10.2 Å². The highest BCUT2D eigenvalue weighted by Crippen LogP contribution is 2.29. The lowest BCUT2D eigenvalue weighted by Crippen LogP contribution is -2.46. The number of benzene rings is 1. The van der Waals surface area contributed by atoms with Gasteiger partial charge in [0.1, 0.15) is 0 Å². The lowest BCUT2D eigenvalue weighted by atomic mass is 10.2. The Kier molecular flexibility index (Phi) is 4.49. The highest BCUT2D eigenvalue weighted by Gasteiger charge is 2.30. The summed E-state index contributed by atoms with van der Waals surface area (Å²) < 4.78 is 25.0. The minimum absolute atomic E-state index is 0.0219. The molecular formula is C16H22N2O3S. The SMILES string of the molecule is O=C(c1ccc(S(=O)(=O)C2CCCC2)cc1)N1CCNCC1. The standard InChI is InChI=1S/C16H22N2O3S/c19-16(18-11-9-17-10-12-18)13-5-7-15(8-6-13)22(20,21)14-3-1-2-4-14/h5-8,14,17H,1-4,9-12H2. The van der Waals surface area contributed by atoms with E-state index in [1.54, 1.807) is 29.2 Å². The minimum atomic E-state index is -3.24. The van der Waals surface area contributed by atoms with Crippen molar-refractivity contribution in [3.8, 4) is 0 Å². The highest BCUT2D eigenvalue weighted by atomic mass is 32.2. The van der Waals surface area contributed by atoms with Crippen molar-refractivity contribution in [2.75, 3.05) is 26.2 Å². The van der Waals surface area contributed by atoms with Crippen LogP contribution in [-0.2, 0) is 9.84 Å². The van der Waals surface area contributed by atoms with Crippen molar-refractivity contribution in [1.29, 1.82) is 0 Å². The molecule has 1 aromatic rings. The van der Waals surface area contributed by atoms with E-state index in [-0.39, 0.29) is 11.2 Å². The monoisotopic (exact) mass is 322 g/mol. The molecule has 1 saturated carbocycles. The van der Waals surface area contributed by atoms with Crippen LogP contribution in [0.2, 0.25) is 0 Å². The Morgan fingerprint density at radius 1 is 1.05 bits per heavy atom. The van der Waals surface area contributed by atoms with Crippen molar-refractivity contribution in [3.05, 3.63) is 29.8 Å². The molecule has 2 fully saturated rings. The van der Waals surface area contributed by atoms with E-state index in [1.807, 2.05) is 0 Å². The van der Waals surface area contributed by atoms with E-state index in [2.05, 4.69) is 5.32 Å². The second kappa shape index (κ2) is 6.38. The van der Waals surface area contributed by atoms with E-state index in [0.29, 0.717) is 23.5 Å². The summed E-state index contributed by atoms with van der Waals surface area (Å²) in [6, 6.07) is 6.46. The van der Waals surface area contributed by atoms with E-state index in [1.165, 1.54) is 0 Å². The van der Waals surface area contributed by atoms with Gasteiger partial charge in [0.15, 0.2) is 9.84 Å². The first-order chi connectivity index (χ1) is 10.6. The van der Waals surface area contributed by atoms with Crippen LogP contribution in [0, 0.1) is 0 Å². The Balaban J connectivity index is 1.76. The van der Waals surface area contributed by atoms with Gasteiger partial charge in [0.05, 0.1) is 10.1 Å². The second-order valence-electron chi connectivity index (χ2n) is 6.02. The van der Waals surface area contributed by atoms with Gasteiger partial charge in [-0.3, -0.25) is 4.79 Å². The molecule has 0 aromatic heterocycles. The fourth-order valence-electron chi connectivity index (χ4n) is 3.23. The molecule has 0 radical (unpaired) electrons. The van der Waals surface area contributed by atoms with Crippen LogP contribution in [0.15, 0.2) is 29.2 Å². The third-order valence-corrected chi connectivity index (χ3v) is 6.85. The predicted molar refractivity (Wildman–Crippen MR) is 84.7 cm³/mol. The molecule has 1 heterocycles. The van der Waals surface area contributed by atoms with Crippen molar-refractivity contribution in [1.82, 2.24) is 10.2 Å². The first kappa shape index (κ1) is 15.5. The van der Waals surface area contributed by atoms with Crippen LogP contribution < -0.4 is 5.32 Å². The average molecular weight is 322 g/mol. The topological polar surface area (TPSA) is 66.5 Å². The van der Waals surface area contributed by atoms with Gasteiger partial charge in [0.25, 0.3) is 5.91 Å². The van der Waals surface area contributed by atoms with Gasteiger partial charge in [-0.05, 0) is 37.1 Å². The van der Waals surface area contributed by atoms with Gasteiger partial charge in [0, 0.05) is 31.7 Å². The van der Waals surface area contributed by atoms with E-state index in [9.17, 15) is 13.2 Å². The number of sulfone groups is 1. The van der Waals surface area contributed by atoms with Crippen molar-refractivity contribution < 1.29 is 13.2 Å². The Labute approximate surface area is 131 Å². The summed E-state index contributed by atoms with van der Waals surface area (Å²) in [7, 11) is -3.24. The fraction of sp³-hybridized carbons (Fsp3) is 0.562. The number of nitrogens with one attached hydrogen (secondary N) is 1. The zero-order chi connectivity index (χ0) is 15.6. The molecule has 1 amide bonds. The maximum absolute atomic E-state index is 12.5. The van der Waals surface area contributed by atoms with E-state index < -0.39 is 9.84 Å². The van der Waals surface area contributed by atoms with Crippen LogP contribution in [0.4, 0.5) is 0 Å². The van der Waals surface area contributed by atoms with Gasteiger partial charge in [-0.25, -0.2) is 8.42 Å². The van der Waals surface area contributed by atoms with Gasteiger partial charge in [-0.15, -0.1) is 0 Å². The molecule has 1 N–H and O–H groups in total. The summed E-state index contributed by atoms with van der Waals surface area (Å²) in [5.74, 6) is -0.0219. The number of hydrogen-bond donors (Lipinski definition) is 1. The Morgan fingerprint density at radius 2 is 1.64 bits per heavy atom. The number of amides is 1. The number of nitrogens with zero attached hydrogens (tertiary/aromatic N) is 1. The number of carbonyl (C=O) groups excluding carboxylic acids is 1. The minimum Gasteiger partial charge on any atom is -0.336 e. The maximum Gasteiger partial charge on any atom is 0.253 e. The van der Waals surface area contributed by atoms with Crippen molar-refractivity contribution in [2.24, 2.45) is 0 Å². The Morgan fingerprint density at radius 3 is 2.23 bits per heavy atom. The van der Waals surface area contributed by atoms with Crippen LogP contribution in [0.1, 0.15) is 36.0 Å². The highest BCUT2D eigenvalue weighted by molar-refractivity contribution is 7.92. The summed E-state index contributed by atoms with van der Waals surface area (Å²) in [4.78, 5) is 14.5. The number of carbonyl (C=O) groups is 1. The molecule has 1 aliphatic carbocycles.